The van der Waals surface area contributed by atoms with E-state index in [1.54, 1.807) is 0 Å². The number of ether oxygens (including phenoxy) is 2. The Labute approximate surface area is 191 Å². The van der Waals surface area contributed by atoms with Crippen LogP contribution in [0.3, 0.4) is 0 Å². The largest absolute Gasteiger partial charge is 0.493 e. The van der Waals surface area contributed by atoms with Crippen LogP contribution in [0, 0.1) is 29.0 Å². The topological polar surface area (TPSA) is 93.1 Å². The van der Waals surface area contributed by atoms with Gasteiger partial charge in [-0.1, -0.05) is 0 Å². The van der Waals surface area contributed by atoms with Crippen LogP contribution in [0.25, 0.3) is 0 Å². The average molecular weight is 457 g/mol. The highest BCUT2D eigenvalue weighted by Crippen LogP contribution is 2.60. The molecule has 4 bridgehead atoms. The fraction of sp³-hybridized carbons (Fsp3) is 0.640. The molecule has 7 nitrogen and oxygen atoms in total. The van der Waals surface area contributed by atoms with Crippen molar-refractivity contribution in [2.45, 2.75) is 63.3 Å². The van der Waals surface area contributed by atoms with Crippen LogP contribution in [0.2, 0.25) is 0 Å². The molecule has 2 amide bonds. The Kier molecular flexibility index (Phi) is 4.72. The third-order valence-electron chi connectivity index (χ3n) is 8.42. The molecule has 33 heavy (non-hydrogen) atoms. The Morgan fingerprint density at radius 3 is 2.33 bits per heavy atom. The van der Waals surface area contributed by atoms with Crippen LogP contribution >= 0.6 is 0 Å². The fourth-order valence-electron chi connectivity index (χ4n) is 7.23. The summed E-state index contributed by atoms with van der Waals surface area (Å²) in [6.07, 6.45) is 8.37. The van der Waals surface area contributed by atoms with Crippen molar-refractivity contribution in [3.8, 4) is 5.75 Å². The molecule has 1 heterocycles. The number of hydrogen-bond donors (Lipinski definition) is 1. The van der Waals surface area contributed by atoms with Crippen molar-refractivity contribution in [3.63, 3.8) is 0 Å². The fourth-order valence-corrected chi connectivity index (χ4v) is 7.23. The van der Waals surface area contributed by atoms with Crippen molar-refractivity contribution < 1.29 is 33.4 Å². The molecule has 6 fully saturated rings. The lowest BCUT2D eigenvalue weighted by molar-refractivity contribution is -0.140. The zero-order valence-electron chi connectivity index (χ0n) is 18.4. The van der Waals surface area contributed by atoms with E-state index in [2.05, 4.69) is 0 Å². The van der Waals surface area contributed by atoms with Gasteiger partial charge in [-0.3, -0.25) is 4.79 Å². The summed E-state index contributed by atoms with van der Waals surface area (Å²) >= 11 is 0. The van der Waals surface area contributed by atoms with Crippen LogP contribution in [0.15, 0.2) is 12.1 Å². The van der Waals surface area contributed by atoms with E-state index in [0.717, 1.165) is 36.2 Å². The molecule has 0 spiro atoms. The minimum atomic E-state index is -1.46. The Morgan fingerprint density at radius 1 is 1.12 bits per heavy atom. The van der Waals surface area contributed by atoms with E-state index in [-0.39, 0.29) is 16.9 Å². The molecule has 0 aromatic heterocycles. The predicted molar refractivity (Wildman–Crippen MR) is 113 cm³/mol. The number of aliphatic carboxylic acids is 1. The highest BCUT2D eigenvalue weighted by molar-refractivity contribution is 6.06. The van der Waals surface area contributed by atoms with Crippen LogP contribution in [-0.4, -0.2) is 47.2 Å². The lowest BCUT2D eigenvalue weighted by Crippen LogP contribution is -2.48. The molecule has 6 aliphatic rings. The van der Waals surface area contributed by atoms with Crippen molar-refractivity contribution in [1.29, 1.82) is 0 Å². The number of carbonyl (C=O) groups is 3. The molecule has 7 rings (SSSR count). The first-order valence-corrected chi connectivity index (χ1v) is 12.0. The number of hydrogen-bond acceptors (Lipinski definition) is 5. The summed E-state index contributed by atoms with van der Waals surface area (Å²) in [7, 11) is 0. The van der Waals surface area contributed by atoms with Crippen LogP contribution in [0.1, 0.15) is 73.2 Å². The van der Waals surface area contributed by atoms with Crippen molar-refractivity contribution in [3.05, 3.63) is 29.1 Å². The highest BCUT2D eigenvalue weighted by Gasteiger charge is 2.51. The first kappa shape index (κ1) is 20.9. The van der Waals surface area contributed by atoms with E-state index < -0.39 is 36.4 Å². The highest BCUT2D eigenvalue weighted by atomic mass is 19.1. The molecule has 1 atom stereocenters. The Hall–Kier alpha value is -2.64. The van der Waals surface area contributed by atoms with Gasteiger partial charge in [0.05, 0.1) is 12.2 Å². The van der Waals surface area contributed by atoms with Gasteiger partial charge in [0.1, 0.15) is 18.2 Å². The summed E-state index contributed by atoms with van der Waals surface area (Å²) in [6, 6.07) is 1.24. The van der Waals surface area contributed by atoms with E-state index in [0.29, 0.717) is 17.3 Å². The molecule has 1 saturated heterocycles. The quantitative estimate of drug-likeness (QED) is 0.683. The van der Waals surface area contributed by atoms with Gasteiger partial charge in [0.2, 0.25) is 0 Å². The van der Waals surface area contributed by atoms with Crippen molar-refractivity contribution in [2.24, 2.45) is 23.2 Å². The minimum Gasteiger partial charge on any atom is -0.493 e. The van der Waals surface area contributed by atoms with E-state index in [9.17, 15) is 19.5 Å². The van der Waals surface area contributed by atoms with Gasteiger partial charge in [-0.15, -0.1) is 0 Å². The van der Waals surface area contributed by atoms with Gasteiger partial charge in [-0.05, 0) is 86.7 Å². The molecule has 0 unspecified atom stereocenters. The zero-order chi connectivity index (χ0) is 22.9. The number of imide groups is 1. The zero-order valence-corrected chi connectivity index (χ0v) is 18.4. The van der Waals surface area contributed by atoms with E-state index in [1.807, 2.05) is 0 Å². The number of benzene rings is 1. The number of rotatable bonds is 6. The second kappa shape index (κ2) is 7.43. The van der Waals surface area contributed by atoms with Gasteiger partial charge in [-0.25, -0.2) is 18.9 Å². The predicted octanol–water partition coefficient (Wildman–Crippen LogP) is 4.34. The standard InChI is InChI=1S/C25H28FNO6/c26-19-7-21(33-12-25-8-13-3-14(9-25)5-15(4-13)10-25)17(16-1-2-16)6-18(19)22(28)27-20(23(29)30)11-32-24(27)31/h6-7,13-16,20H,1-5,8-12H2,(H,29,30)/t13?,14?,15?,20-,25?/m0/s1. The maximum atomic E-state index is 15.1. The number of carboxylic acid groups (broad SMARTS) is 1. The summed E-state index contributed by atoms with van der Waals surface area (Å²) in [4.78, 5) is 36.9. The van der Waals surface area contributed by atoms with E-state index in [4.69, 9.17) is 9.47 Å². The summed E-state index contributed by atoms with van der Waals surface area (Å²) < 4.78 is 26.2. The van der Waals surface area contributed by atoms with Gasteiger partial charge < -0.3 is 14.6 Å². The first-order chi connectivity index (χ1) is 15.8. The SMILES string of the molecule is O=C(O)[C@@H]1COC(=O)N1C(=O)c1cc(C2CC2)c(OCC23CC4CC(CC(C4)C2)C3)cc1F. The summed E-state index contributed by atoms with van der Waals surface area (Å²) in [5.41, 5.74) is 0.627. The van der Waals surface area contributed by atoms with Crippen LogP contribution < -0.4 is 4.74 Å². The Morgan fingerprint density at radius 2 is 1.76 bits per heavy atom. The number of carboxylic acids is 1. The molecule has 8 heteroatoms. The number of cyclic esters (lactones) is 1. The normalized spacial score (nSPS) is 34.5. The summed E-state index contributed by atoms with van der Waals surface area (Å²) in [5, 5.41) is 9.31. The van der Waals surface area contributed by atoms with Gasteiger partial charge in [0.15, 0.2) is 6.04 Å². The van der Waals surface area contributed by atoms with Crippen LogP contribution in [0.4, 0.5) is 9.18 Å². The second-order valence-corrected chi connectivity index (χ2v) is 11.0. The summed E-state index contributed by atoms with van der Waals surface area (Å²) in [6.45, 7) is 0.131. The lowest BCUT2D eigenvalue weighted by atomic mass is 9.50. The number of halogens is 1. The van der Waals surface area contributed by atoms with Crippen LogP contribution in [0.5, 0.6) is 5.75 Å². The summed E-state index contributed by atoms with van der Waals surface area (Å²) in [5.74, 6) is -0.130. The number of amides is 2. The monoisotopic (exact) mass is 457 g/mol. The molecule has 1 aliphatic heterocycles. The minimum absolute atomic E-state index is 0.175. The molecule has 1 aromatic rings. The van der Waals surface area contributed by atoms with Crippen LogP contribution in [-0.2, 0) is 9.53 Å². The first-order valence-electron chi connectivity index (χ1n) is 12.0. The molecule has 1 N–H and O–H groups in total. The molecule has 0 radical (unpaired) electrons. The van der Waals surface area contributed by atoms with Crippen molar-refractivity contribution >= 4 is 18.0 Å². The Bertz CT molecular complexity index is 999. The van der Waals surface area contributed by atoms with Gasteiger partial charge >= 0.3 is 12.1 Å². The van der Waals surface area contributed by atoms with Gasteiger partial charge in [0.25, 0.3) is 5.91 Å². The average Bonchev–Trinajstić information content (AvgIpc) is 3.52. The van der Waals surface area contributed by atoms with E-state index >= 15 is 4.39 Å². The Balaban J connectivity index is 1.26. The third kappa shape index (κ3) is 3.58. The second-order valence-electron chi connectivity index (χ2n) is 11.0. The molecular weight excluding hydrogens is 429 g/mol. The lowest BCUT2D eigenvalue weighted by Gasteiger charge is -2.56. The number of carbonyl (C=O) groups excluding carboxylic acids is 2. The third-order valence-corrected chi connectivity index (χ3v) is 8.42. The number of nitrogens with zero attached hydrogens (tertiary/aromatic N) is 1. The van der Waals surface area contributed by atoms with Gasteiger partial charge in [-0.2, -0.15) is 0 Å². The molecular formula is C25H28FNO6. The molecule has 1 aromatic carbocycles. The smallest absolute Gasteiger partial charge is 0.417 e. The van der Waals surface area contributed by atoms with Gasteiger partial charge in [0, 0.05) is 11.5 Å². The van der Waals surface area contributed by atoms with Crippen molar-refractivity contribution in [2.75, 3.05) is 13.2 Å². The van der Waals surface area contributed by atoms with Crippen molar-refractivity contribution in [1.82, 2.24) is 4.90 Å². The maximum absolute atomic E-state index is 15.1. The van der Waals surface area contributed by atoms with E-state index in [1.165, 1.54) is 50.7 Å². The maximum Gasteiger partial charge on any atom is 0.417 e. The molecule has 5 aliphatic carbocycles. The molecule has 176 valence electrons. The molecule has 5 saturated carbocycles.